The van der Waals surface area contributed by atoms with Crippen LogP contribution in [-0.2, 0) is 4.79 Å². The number of nitrogens with one attached hydrogen (secondary N) is 1. The Balaban J connectivity index is 1.97. The molecule has 1 aliphatic rings. The molecular weight excluding hydrogens is 254 g/mol. The maximum absolute atomic E-state index is 11.8. The predicted molar refractivity (Wildman–Crippen MR) is 79.0 cm³/mol. The molecule has 0 bridgehead atoms. The lowest BCUT2D eigenvalue weighted by atomic mass is 10.2. The van der Waals surface area contributed by atoms with Gasteiger partial charge in [0.05, 0.1) is 14.2 Å². The van der Waals surface area contributed by atoms with Crippen LogP contribution in [0.15, 0.2) is 24.3 Å². The summed E-state index contributed by atoms with van der Waals surface area (Å²) in [4.78, 5) is 11.8. The molecule has 108 valence electrons. The quantitative estimate of drug-likeness (QED) is 0.841. The molecule has 1 amide bonds. The average molecular weight is 275 g/mol. The van der Waals surface area contributed by atoms with E-state index in [0.29, 0.717) is 17.5 Å². The van der Waals surface area contributed by atoms with Gasteiger partial charge < -0.3 is 14.8 Å². The fourth-order valence-corrected chi connectivity index (χ4v) is 2.45. The van der Waals surface area contributed by atoms with Gasteiger partial charge in [0, 0.05) is 12.1 Å². The van der Waals surface area contributed by atoms with Gasteiger partial charge in [0.25, 0.3) is 0 Å². The number of methoxy groups -OCH3 is 2. The summed E-state index contributed by atoms with van der Waals surface area (Å²) < 4.78 is 10.4. The maximum Gasteiger partial charge on any atom is 0.244 e. The lowest BCUT2D eigenvalue weighted by molar-refractivity contribution is -0.117. The fraction of sp³-hybridized carbons (Fsp3) is 0.438. The Labute approximate surface area is 119 Å². The molecule has 0 radical (unpaired) electrons. The van der Waals surface area contributed by atoms with Crippen molar-refractivity contribution in [3.63, 3.8) is 0 Å². The molecule has 1 fully saturated rings. The summed E-state index contributed by atoms with van der Waals surface area (Å²) in [5.41, 5.74) is 0.907. The highest BCUT2D eigenvalue weighted by atomic mass is 16.5. The lowest BCUT2D eigenvalue weighted by Gasteiger charge is -2.09. The van der Waals surface area contributed by atoms with Crippen LogP contribution in [-0.4, -0.2) is 26.2 Å². The van der Waals surface area contributed by atoms with Crippen LogP contribution in [0.1, 0.15) is 31.2 Å². The number of hydrogen-bond acceptors (Lipinski definition) is 3. The van der Waals surface area contributed by atoms with E-state index in [0.717, 1.165) is 18.4 Å². The van der Waals surface area contributed by atoms with Crippen molar-refractivity contribution in [3.8, 4) is 11.5 Å². The van der Waals surface area contributed by atoms with Crippen LogP contribution in [0.25, 0.3) is 6.08 Å². The van der Waals surface area contributed by atoms with E-state index in [9.17, 15) is 4.79 Å². The van der Waals surface area contributed by atoms with E-state index in [4.69, 9.17) is 9.47 Å². The fourth-order valence-electron chi connectivity index (χ4n) is 2.45. The van der Waals surface area contributed by atoms with Crippen molar-refractivity contribution in [2.24, 2.45) is 0 Å². The zero-order valence-electron chi connectivity index (χ0n) is 12.0. The number of rotatable bonds is 5. The summed E-state index contributed by atoms with van der Waals surface area (Å²) >= 11 is 0. The van der Waals surface area contributed by atoms with E-state index in [1.165, 1.54) is 12.8 Å². The van der Waals surface area contributed by atoms with Crippen molar-refractivity contribution in [3.05, 3.63) is 29.8 Å². The number of hydrogen-bond donors (Lipinski definition) is 1. The van der Waals surface area contributed by atoms with Crippen molar-refractivity contribution in [1.82, 2.24) is 5.32 Å². The van der Waals surface area contributed by atoms with Crippen LogP contribution >= 0.6 is 0 Å². The van der Waals surface area contributed by atoms with Gasteiger partial charge in [-0.1, -0.05) is 18.9 Å². The lowest BCUT2D eigenvalue weighted by Crippen LogP contribution is -2.30. The van der Waals surface area contributed by atoms with Crippen LogP contribution in [0.3, 0.4) is 0 Å². The Morgan fingerprint density at radius 1 is 1.20 bits per heavy atom. The van der Waals surface area contributed by atoms with Crippen molar-refractivity contribution < 1.29 is 14.3 Å². The Morgan fingerprint density at radius 2 is 1.90 bits per heavy atom. The average Bonchev–Trinajstić information content (AvgIpc) is 2.97. The molecule has 1 aromatic rings. The molecule has 0 unspecified atom stereocenters. The zero-order chi connectivity index (χ0) is 14.4. The second-order valence-electron chi connectivity index (χ2n) is 4.94. The van der Waals surface area contributed by atoms with Gasteiger partial charge in [0.1, 0.15) is 0 Å². The third kappa shape index (κ3) is 3.76. The summed E-state index contributed by atoms with van der Waals surface area (Å²) in [5.74, 6) is 1.30. The largest absolute Gasteiger partial charge is 0.493 e. The number of ether oxygens (including phenoxy) is 2. The summed E-state index contributed by atoms with van der Waals surface area (Å²) in [6.07, 6.45) is 7.96. The number of carbonyl (C=O) groups excluding carboxylic acids is 1. The molecule has 1 aliphatic carbocycles. The second-order valence-corrected chi connectivity index (χ2v) is 4.94. The SMILES string of the molecule is COc1ccc(/C=C/C(=O)NC2CCCC2)cc1OC. The Kier molecular flexibility index (Phi) is 5.04. The van der Waals surface area contributed by atoms with E-state index in [-0.39, 0.29) is 5.91 Å². The molecule has 1 N–H and O–H groups in total. The van der Waals surface area contributed by atoms with Crippen molar-refractivity contribution in [2.45, 2.75) is 31.7 Å². The third-order valence-electron chi connectivity index (χ3n) is 3.54. The molecule has 0 saturated heterocycles. The van der Waals surface area contributed by atoms with Gasteiger partial charge in [-0.2, -0.15) is 0 Å². The summed E-state index contributed by atoms with van der Waals surface area (Å²) in [6, 6.07) is 5.91. The molecule has 0 spiro atoms. The van der Waals surface area contributed by atoms with Crippen LogP contribution in [0.5, 0.6) is 11.5 Å². The number of amides is 1. The summed E-state index contributed by atoms with van der Waals surface area (Å²) in [7, 11) is 3.20. The minimum absolute atomic E-state index is 0.0355. The van der Waals surface area contributed by atoms with Gasteiger partial charge in [-0.15, -0.1) is 0 Å². The third-order valence-corrected chi connectivity index (χ3v) is 3.54. The first-order valence-corrected chi connectivity index (χ1v) is 6.93. The highest BCUT2D eigenvalue weighted by Crippen LogP contribution is 2.27. The first kappa shape index (κ1) is 14.4. The Hall–Kier alpha value is -1.97. The second kappa shape index (κ2) is 6.98. The minimum atomic E-state index is -0.0355. The maximum atomic E-state index is 11.8. The number of carbonyl (C=O) groups is 1. The molecule has 1 saturated carbocycles. The van der Waals surface area contributed by atoms with Gasteiger partial charge in [-0.3, -0.25) is 4.79 Å². The van der Waals surface area contributed by atoms with E-state index < -0.39 is 0 Å². The highest BCUT2D eigenvalue weighted by Gasteiger charge is 2.15. The summed E-state index contributed by atoms with van der Waals surface area (Å²) in [6.45, 7) is 0. The monoisotopic (exact) mass is 275 g/mol. The van der Waals surface area contributed by atoms with Crippen LogP contribution in [0.4, 0.5) is 0 Å². The van der Waals surface area contributed by atoms with Crippen molar-refractivity contribution in [1.29, 1.82) is 0 Å². The van der Waals surface area contributed by atoms with Gasteiger partial charge in [-0.05, 0) is 36.6 Å². The molecule has 0 heterocycles. The van der Waals surface area contributed by atoms with Crippen molar-refractivity contribution >= 4 is 12.0 Å². The first-order valence-electron chi connectivity index (χ1n) is 6.93. The van der Waals surface area contributed by atoms with Crippen LogP contribution in [0.2, 0.25) is 0 Å². The van der Waals surface area contributed by atoms with Gasteiger partial charge in [0.15, 0.2) is 11.5 Å². The molecule has 0 atom stereocenters. The normalized spacial score (nSPS) is 15.5. The predicted octanol–water partition coefficient (Wildman–Crippen LogP) is 2.78. The molecule has 0 aliphatic heterocycles. The molecular formula is C16H21NO3. The molecule has 2 rings (SSSR count). The van der Waals surface area contributed by atoms with E-state index in [1.54, 1.807) is 26.4 Å². The number of benzene rings is 1. The van der Waals surface area contributed by atoms with E-state index >= 15 is 0 Å². The topological polar surface area (TPSA) is 47.6 Å². The van der Waals surface area contributed by atoms with Crippen molar-refractivity contribution in [2.75, 3.05) is 14.2 Å². The molecule has 20 heavy (non-hydrogen) atoms. The minimum Gasteiger partial charge on any atom is -0.493 e. The highest BCUT2D eigenvalue weighted by molar-refractivity contribution is 5.92. The smallest absolute Gasteiger partial charge is 0.244 e. The zero-order valence-corrected chi connectivity index (χ0v) is 12.0. The van der Waals surface area contributed by atoms with Gasteiger partial charge >= 0.3 is 0 Å². The van der Waals surface area contributed by atoms with Gasteiger partial charge in [-0.25, -0.2) is 0 Å². The molecule has 4 heteroatoms. The van der Waals surface area contributed by atoms with E-state index in [2.05, 4.69) is 5.32 Å². The molecule has 0 aromatic heterocycles. The Bertz CT molecular complexity index is 490. The molecule has 1 aromatic carbocycles. The van der Waals surface area contributed by atoms with Gasteiger partial charge in [0.2, 0.25) is 5.91 Å². The standard InChI is InChI=1S/C16H21NO3/c1-19-14-9-7-12(11-15(14)20-2)8-10-16(18)17-13-5-3-4-6-13/h7-11,13H,3-6H2,1-2H3,(H,17,18)/b10-8+. The van der Waals surface area contributed by atoms with E-state index in [1.807, 2.05) is 18.2 Å². The van der Waals surface area contributed by atoms with Crippen LogP contribution in [0, 0.1) is 0 Å². The van der Waals surface area contributed by atoms with Crippen LogP contribution < -0.4 is 14.8 Å². The summed E-state index contributed by atoms with van der Waals surface area (Å²) in [5, 5.41) is 3.02. The first-order chi connectivity index (χ1) is 9.72. The Morgan fingerprint density at radius 3 is 2.55 bits per heavy atom. The molecule has 4 nitrogen and oxygen atoms in total.